The molecule has 0 aliphatic carbocycles. The zero-order valence-electron chi connectivity index (χ0n) is 11.8. The highest BCUT2D eigenvalue weighted by Gasteiger charge is 2.03. The molecular formula is C15H20BrN3S. The molecule has 2 aromatic rings. The van der Waals surface area contributed by atoms with Crippen molar-refractivity contribution in [2.45, 2.75) is 31.0 Å². The first kappa shape index (κ1) is 15.6. The summed E-state index contributed by atoms with van der Waals surface area (Å²) < 4.78 is 1.11. The van der Waals surface area contributed by atoms with Gasteiger partial charge in [0.15, 0.2) is 0 Å². The topological polar surface area (TPSA) is 40.7 Å². The molecule has 3 nitrogen and oxygen atoms in total. The van der Waals surface area contributed by atoms with Gasteiger partial charge in [0.25, 0.3) is 0 Å². The Morgan fingerprint density at radius 2 is 2.25 bits per heavy atom. The highest BCUT2D eigenvalue weighted by molar-refractivity contribution is 9.10. The predicted octanol–water partition coefficient (Wildman–Crippen LogP) is 4.21. The fourth-order valence-corrected chi connectivity index (χ4v) is 3.16. The quantitative estimate of drug-likeness (QED) is 0.732. The molecule has 0 spiro atoms. The summed E-state index contributed by atoms with van der Waals surface area (Å²) in [6.45, 7) is 6.30. The molecule has 2 rings (SSSR count). The normalized spacial score (nSPS) is 11.2. The van der Waals surface area contributed by atoms with Crippen LogP contribution in [0.2, 0.25) is 0 Å². The molecule has 2 N–H and O–H groups in total. The molecule has 0 saturated carbocycles. The van der Waals surface area contributed by atoms with Gasteiger partial charge in [-0.3, -0.25) is 0 Å². The number of hydrogen-bond donors (Lipinski definition) is 2. The molecule has 0 fully saturated rings. The van der Waals surface area contributed by atoms with Crippen LogP contribution in [0.25, 0.3) is 0 Å². The van der Waals surface area contributed by atoms with Crippen LogP contribution < -0.4 is 5.32 Å². The largest absolute Gasteiger partial charge is 0.344 e. The van der Waals surface area contributed by atoms with E-state index < -0.39 is 0 Å². The van der Waals surface area contributed by atoms with Gasteiger partial charge in [-0.25, -0.2) is 4.98 Å². The minimum atomic E-state index is 0.671. The number of aromatic nitrogens is 2. The number of nitrogens with one attached hydrogen (secondary N) is 2. The summed E-state index contributed by atoms with van der Waals surface area (Å²) in [4.78, 5) is 9.03. The second kappa shape index (κ2) is 7.86. The maximum Gasteiger partial charge on any atom is 0.116 e. The fraction of sp³-hybridized carbons (Fsp3) is 0.400. The Balaban J connectivity index is 1.80. The number of thioether (sulfide) groups is 1. The number of nitrogens with zero attached hydrogens (tertiary/aromatic N) is 1. The first-order valence-corrected chi connectivity index (χ1v) is 8.53. The van der Waals surface area contributed by atoms with Crippen molar-refractivity contribution in [3.63, 3.8) is 0 Å². The van der Waals surface area contributed by atoms with Crippen LogP contribution in [0.5, 0.6) is 0 Å². The molecule has 0 saturated heterocycles. The number of halogens is 1. The summed E-state index contributed by atoms with van der Waals surface area (Å²) in [7, 11) is 0. The third-order valence-electron chi connectivity index (χ3n) is 2.72. The van der Waals surface area contributed by atoms with Crippen molar-refractivity contribution in [1.29, 1.82) is 0 Å². The summed E-state index contributed by atoms with van der Waals surface area (Å²) >= 11 is 5.27. The Labute approximate surface area is 133 Å². The summed E-state index contributed by atoms with van der Waals surface area (Å²) in [5.74, 6) is 2.56. The van der Waals surface area contributed by atoms with E-state index in [4.69, 9.17) is 0 Å². The van der Waals surface area contributed by atoms with Crippen molar-refractivity contribution >= 4 is 27.7 Å². The van der Waals surface area contributed by atoms with Gasteiger partial charge in [0.1, 0.15) is 5.82 Å². The fourth-order valence-electron chi connectivity index (χ4n) is 1.77. The van der Waals surface area contributed by atoms with Crippen LogP contribution in [0.1, 0.15) is 25.4 Å². The lowest BCUT2D eigenvalue weighted by Gasteiger charge is -2.05. The van der Waals surface area contributed by atoms with Gasteiger partial charge in [-0.1, -0.05) is 35.8 Å². The summed E-state index contributed by atoms with van der Waals surface area (Å²) in [5.41, 5.74) is 1.15. The molecule has 0 bridgehead atoms. The zero-order valence-corrected chi connectivity index (χ0v) is 14.2. The van der Waals surface area contributed by atoms with E-state index in [-0.39, 0.29) is 0 Å². The molecule has 0 atom stereocenters. The summed E-state index contributed by atoms with van der Waals surface area (Å²) in [6.07, 6.45) is 1.92. The lowest BCUT2D eigenvalue weighted by atomic mass is 10.2. The second-order valence-corrected chi connectivity index (χ2v) is 7.09. The first-order valence-electron chi connectivity index (χ1n) is 6.75. The molecule has 1 heterocycles. The van der Waals surface area contributed by atoms with Gasteiger partial charge in [0.2, 0.25) is 0 Å². The van der Waals surface area contributed by atoms with E-state index in [0.717, 1.165) is 34.8 Å². The second-order valence-electron chi connectivity index (χ2n) is 5.13. The van der Waals surface area contributed by atoms with Gasteiger partial charge in [-0.2, -0.15) is 0 Å². The smallest absolute Gasteiger partial charge is 0.116 e. The number of hydrogen-bond acceptors (Lipinski definition) is 3. The van der Waals surface area contributed by atoms with E-state index in [1.807, 2.05) is 12.3 Å². The van der Waals surface area contributed by atoms with Gasteiger partial charge in [0, 0.05) is 27.8 Å². The molecule has 0 aliphatic rings. The molecule has 1 aromatic heterocycles. The van der Waals surface area contributed by atoms with Gasteiger partial charge in [-0.05, 0) is 30.7 Å². The highest BCUT2D eigenvalue weighted by Crippen LogP contribution is 2.24. The van der Waals surface area contributed by atoms with Crippen molar-refractivity contribution in [3.05, 3.63) is 46.5 Å². The number of rotatable bonds is 7. The standard InChI is InChI=1S/C15H20BrN3S/c1-11(2)7-17-8-13-9-18-15(19-13)10-20-14-5-3-4-12(16)6-14/h3-6,9,11,17H,7-8,10H2,1-2H3,(H,18,19). The Bertz CT molecular complexity index is 539. The average Bonchev–Trinajstić information content (AvgIpc) is 2.84. The monoisotopic (exact) mass is 353 g/mol. The van der Waals surface area contributed by atoms with Crippen LogP contribution in [0.3, 0.4) is 0 Å². The van der Waals surface area contributed by atoms with Crippen LogP contribution in [0.15, 0.2) is 39.8 Å². The molecule has 108 valence electrons. The third-order valence-corrected chi connectivity index (χ3v) is 4.22. The molecule has 5 heteroatoms. The van der Waals surface area contributed by atoms with E-state index in [2.05, 4.69) is 63.3 Å². The minimum Gasteiger partial charge on any atom is -0.344 e. The molecule has 0 amide bonds. The van der Waals surface area contributed by atoms with Crippen LogP contribution in [-0.2, 0) is 12.3 Å². The Morgan fingerprint density at radius 3 is 3.00 bits per heavy atom. The van der Waals surface area contributed by atoms with E-state index in [0.29, 0.717) is 5.92 Å². The Hall–Kier alpha value is -0.780. The van der Waals surface area contributed by atoms with Crippen LogP contribution in [-0.4, -0.2) is 16.5 Å². The molecular weight excluding hydrogens is 334 g/mol. The van der Waals surface area contributed by atoms with Gasteiger partial charge in [-0.15, -0.1) is 11.8 Å². The van der Waals surface area contributed by atoms with Gasteiger partial charge < -0.3 is 10.3 Å². The minimum absolute atomic E-state index is 0.671. The van der Waals surface area contributed by atoms with E-state index >= 15 is 0 Å². The third kappa shape index (κ3) is 5.31. The zero-order chi connectivity index (χ0) is 14.4. The van der Waals surface area contributed by atoms with Crippen LogP contribution in [0.4, 0.5) is 0 Å². The Morgan fingerprint density at radius 1 is 1.40 bits per heavy atom. The van der Waals surface area contributed by atoms with Crippen LogP contribution in [0, 0.1) is 5.92 Å². The Kier molecular flexibility index (Phi) is 6.13. The average molecular weight is 354 g/mol. The number of aromatic amines is 1. The lowest BCUT2D eigenvalue weighted by Crippen LogP contribution is -2.19. The number of benzene rings is 1. The molecule has 20 heavy (non-hydrogen) atoms. The van der Waals surface area contributed by atoms with Crippen molar-refractivity contribution in [2.75, 3.05) is 6.54 Å². The predicted molar refractivity (Wildman–Crippen MR) is 88.8 cm³/mol. The number of H-pyrrole nitrogens is 1. The van der Waals surface area contributed by atoms with Crippen LogP contribution >= 0.6 is 27.7 Å². The van der Waals surface area contributed by atoms with Crippen molar-refractivity contribution in [2.24, 2.45) is 5.92 Å². The van der Waals surface area contributed by atoms with Crippen molar-refractivity contribution in [1.82, 2.24) is 15.3 Å². The maximum absolute atomic E-state index is 4.42. The number of imidazole rings is 1. The van der Waals surface area contributed by atoms with E-state index in [1.54, 1.807) is 11.8 Å². The lowest BCUT2D eigenvalue weighted by molar-refractivity contribution is 0.549. The van der Waals surface area contributed by atoms with E-state index in [9.17, 15) is 0 Å². The summed E-state index contributed by atoms with van der Waals surface area (Å²) in [5, 5.41) is 3.41. The molecule has 0 radical (unpaired) electrons. The van der Waals surface area contributed by atoms with Gasteiger partial charge >= 0.3 is 0 Å². The highest BCUT2D eigenvalue weighted by atomic mass is 79.9. The maximum atomic E-state index is 4.42. The SMILES string of the molecule is CC(C)CNCc1cnc(CSc2cccc(Br)c2)[nH]1. The molecule has 0 aliphatic heterocycles. The molecule has 1 aromatic carbocycles. The van der Waals surface area contributed by atoms with Gasteiger partial charge in [0.05, 0.1) is 5.75 Å². The summed E-state index contributed by atoms with van der Waals surface area (Å²) in [6, 6.07) is 8.33. The van der Waals surface area contributed by atoms with Crippen molar-refractivity contribution < 1.29 is 0 Å². The van der Waals surface area contributed by atoms with E-state index in [1.165, 1.54) is 4.90 Å². The first-order chi connectivity index (χ1) is 9.63. The molecule has 0 unspecified atom stereocenters. The van der Waals surface area contributed by atoms with Crippen molar-refractivity contribution in [3.8, 4) is 0 Å².